The van der Waals surface area contributed by atoms with Crippen LogP contribution in [0.1, 0.15) is 56.5 Å². The second-order valence-electron chi connectivity index (χ2n) is 7.16. The fourth-order valence-electron chi connectivity index (χ4n) is 3.76. The number of hydrogen-bond donors (Lipinski definition) is 0. The Morgan fingerprint density at radius 3 is 2.66 bits per heavy atom. The van der Waals surface area contributed by atoms with E-state index in [4.69, 9.17) is 9.15 Å². The van der Waals surface area contributed by atoms with E-state index in [0.717, 1.165) is 19.3 Å². The zero-order valence-electron chi connectivity index (χ0n) is 16.3. The number of ketones is 1. The van der Waals surface area contributed by atoms with Crippen LogP contribution < -0.4 is 0 Å². The maximum Gasteiger partial charge on any atom is 0.343 e. The summed E-state index contributed by atoms with van der Waals surface area (Å²) in [7, 11) is 0. The summed E-state index contributed by atoms with van der Waals surface area (Å²) in [4.78, 5) is 25.5. The summed E-state index contributed by atoms with van der Waals surface area (Å²) in [6.07, 6.45) is 5.56. The third-order valence-electron chi connectivity index (χ3n) is 5.26. The molecular weight excluding hydrogens is 368 g/mol. The highest BCUT2D eigenvalue weighted by Crippen LogP contribution is 2.27. The van der Waals surface area contributed by atoms with Crippen LogP contribution in [0.3, 0.4) is 0 Å². The van der Waals surface area contributed by atoms with Crippen LogP contribution in [0.15, 0.2) is 47.1 Å². The summed E-state index contributed by atoms with van der Waals surface area (Å²) in [6, 6.07) is 11.2. The summed E-state index contributed by atoms with van der Waals surface area (Å²) < 4.78 is 12.7. The molecule has 0 spiro atoms. The number of nitriles is 1. The SMILES string of the molecule is Cc1oc(-n2cccc2)c(C#N)c1C(=O)O[C@H](C)C(=O)c1ccc2c(c1)CCC2. The molecule has 2 heterocycles. The van der Waals surface area contributed by atoms with E-state index in [1.54, 1.807) is 49.0 Å². The molecule has 0 fully saturated rings. The van der Waals surface area contributed by atoms with E-state index in [-0.39, 0.29) is 28.6 Å². The molecule has 4 rings (SSSR count). The van der Waals surface area contributed by atoms with E-state index in [2.05, 4.69) is 0 Å². The van der Waals surface area contributed by atoms with E-state index < -0.39 is 12.1 Å². The Hall–Kier alpha value is -3.59. The molecule has 146 valence electrons. The minimum absolute atomic E-state index is 0.0461. The molecule has 0 saturated heterocycles. The number of nitrogens with zero attached hydrogens (tertiary/aromatic N) is 2. The van der Waals surface area contributed by atoms with Crippen molar-refractivity contribution < 1.29 is 18.7 Å². The zero-order chi connectivity index (χ0) is 20.5. The van der Waals surface area contributed by atoms with Crippen molar-refractivity contribution in [1.29, 1.82) is 5.26 Å². The van der Waals surface area contributed by atoms with Crippen molar-refractivity contribution >= 4 is 11.8 Å². The average Bonchev–Trinajstić information content (AvgIpc) is 3.45. The number of aryl methyl sites for hydroxylation is 3. The smallest absolute Gasteiger partial charge is 0.343 e. The van der Waals surface area contributed by atoms with Gasteiger partial charge >= 0.3 is 5.97 Å². The lowest BCUT2D eigenvalue weighted by molar-refractivity contribution is 0.0317. The Kier molecular flexibility index (Phi) is 4.81. The summed E-state index contributed by atoms with van der Waals surface area (Å²) >= 11 is 0. The predicted octanol–water partition coefficient (Wildman–Crippen LogP) is 4.17. The average molecular weight is 388 g/mol. The first-order chi connectivity index (χ1) is 14.0. The highest BCUT2D eigenvalue weighted by atomic mass is 16.5. The maximum absolute atomic E-state index is 12.8. The van der Waals surface area contributed by atoms with Gasteiger partial charge in [-0.2, -0.15) is 5.26 Å². The summed E-state index contributed by atoms with van der Waals surface area (Å²) in [5.74, 6) is -0.492. The number of Topliss-reactive ketones (excluding diaryl/α,β-unsaturated/α-hetero) is 1. The Labute approximate surface area is 168 Å². The molecule has 0 aliphatic heterocycles. The van der Waals surface area contributed by atoms with Gasteiger partial charge in [0.25, 0.3) is 0 Å². The van der Waals surface area contributed by atoms with Gasteiger partial charge in [-0.25, -0.2) is 4.79 Å². The van der Waals surface area contributed by atoms with Crippen LogP contribution in [0.25, 0.3) is 5.88 Å². The third-order valence-corrected chi connectivity index (χ3v) is 5.26. The molecule has 1 aliphatic carbocycles. The van der Waals surface area contributed by atoms with Gasteiger partial charge in [-0.1, -0.05) is 12.1 Å². The van der Waals surface area contributed by atoms with Gasteiger partial charge in [-0.15, -0.1) is 0 Å². The van der Waals surface area contributed by atoms with Crippen molar-refractivity contribution in [3.8, 4) is 12.0 Å². The first-order valence-corrected chi connectivity index (χ1v) is 9.53. The number of carbonyl (C=O) groups is 2. The number of fused-ring (bicyclic) bond motifs is 1. The van der Waals surface area contributed by atoms with Crippen LogP contribution in [0.5, 0.6) is 0 Å². The standard InChI is InChI=1S/C23H20N2O4/c1-14-20(19(13-24)22(28-14)25-10-3-4-11-25)23(27)29-15(2)21(26)18-9-8-16-6-5-7-17(16)12-18/h3-4,8-12,15H,5-7H2,1-2H3/t15-/m1/s1. The third kappa shape index (κ3) is 3.36. The van der Waals surface area contributed by atoms with Crippen LogP contribution >= 0.6 is 0 Å². The van der Waals surface area contributed by atoms with Gasteiger partial charge in [0.2, 0.25) is 11.7 Å². The van der Waals surface area contributed by atoms with Crippen LogP contribution in [-0.2, 0) is 17.6 Å². The topological polar surface area (TPSA) is 85.2 Å². The second kappa shape index (κ2) is 7.44. The van der Waals surface area contributed by atoms with Gasteiger partial charge in [0.05, 0.1) is 0 Å². The molecule has 0 unspecified atom stereocenters. The largest absolute Gasteiger partial charge is 0.451 e. The lowest BCUT2D eigenvalue weighted by Crippen LogP contribution is -2.25. The molecule has 0 saturated carbocycles. The quantitative estimate of drug-likeness (QED) is 0.484. The molecule has 2 aromatic heterocycles. The Morgan fingerprint density at radius 2 is 1.93 bits per heavy atom. The van der Waals surface area contributed by atoms with Crippen LogP contribution in [0, 0.1) is 18.3 Å². The minimum Gasteiger partial charge on any atom is -0.451 e. The van der Waals surface area contributed by atoms with Gasteiger partial charge < -0.3 is 9.15 Å². The Morgan fingerprint density at radius 1 is 1.21 bits per heavy atom. The fraction of sp³-hybridized carbons (Fsp3) is 0.261. The lowest BCUT2D eigenvalue weighted by atomic mass is 10.0. The van der Waals surface area contributed by atoms with Gasteiger partial charge in [0.1, 0.15) is 23.0 Å². The molecule has 1 aliphatic rings. The normalized spacial score (nSPS) is 13.6. The van der Waals surface area contributed by atoms with Crippen molar-refractivity contribution in [2.45, 2.75) is 39.2 Å². The molecule has 6 heteroatoms. The van der Waals surface area contributed by atoms with Crippen LogP contribution in [-0.4, -0.2) is 22.4 Å². The first-order valence-electron chi connectivity index (χ1n) is 9.53. The minimum atomic E-state index is -0.974. The molecule has 6 nitrogen and oxygen atoms in total. The number of hydrogen-bond acceptors (Lipinski definition) is 5. The molecule has 0 amide bonds. The Bertz CT molecular complexity index is 1130. The number of carbonyl (C=O) groups excluding carboxylic acids is 2. The van der Waals surface area contributed by atoms with Crippen molar-refractivity contribution in [2.24, 2.45) is 0 Å². The highest BCUT2D eigenvalue weighted by molar-refractivity contribution is 6.02. The van der Waals surface area contributed by atoms with E-state index in [1.165, 1.54) is 11.1 Å². The van der Waals surface area contributed by atoms with Crippen LogP contribution in [0.4, 0.5) is 0 Å². The summed E-state index contributed by atoms with van der Waals surface area (Å²) in [5, 5.41) is 9.57. The number of ether oxygens (including phenoxy) is 1. The summed E-state index contributed by atoms with van der Waals surface area (Å²) in [6.45, 7) is 3.14. The van der Waals surface area contributed by atoms with E-state index in [9.17, 15) is 14.9 Å². The number of furan rings is 1. The van der Waals surface area contributed by atoms with E-state index >= 15 is 0 Å². The van der Waals surface area contributed by atoms with Crippen molar-refractivity contribution in [3.63, 3.8) is 0 Å². The Balaban J connectivity index is 1.56. The van der Waals surface area contributed by atoms with E-state index in [0.29, 0.717) is 5.56 Å². The van der Waals surface area contributed by atoms with Gasteiger partial charge in [0, 0.05) is 18.0 Å². The zero-order valence-corrected chi connectivity index (χ0v) is 16.3. The summed E-state index contributed by atoms with van der Waals surface area (Å²) in [5.41, 5.74) is 3.12. The lowest BCUT2D eigenvalue weighted by Gasteiger charge is -2.13. The molecule has 0 radical (unpaired) electrons. The second-order valence-corrected chi connectivity index (χ2v) is 7.16. The molecule has 0 bridgehead atoms. The van der Waals surface area contributed by atoms with Gasteiger partial charge in [0.15, 0.2) is 6.10 Å². The molecule has 1 aromatic carbocycles. The van der Waals surface area contributed by atoms with E-state index in [1.807, 2.05) is 18.2 Å². The van der Waals surface area contributed by atoms with Crippen molar-refractivity contribution in [1.82, 2.24) is 4.57 Å². The molecular formula is C23H20N2O4. The molecule has 0 N–H and O–H groups in total. The number of rotatable bonds is 5. The number of aromatic nitrogens is 1. The molecule has 1 atom stereocenters. The van der Waals surface area contributed by atoms with Crippen LogP contribution in [0.2, 0.25) is 0 Å². The maximum atomic E-state index is 12.8. The number of esters is 1. The molecule has 29 heavy (non-hydrogen) atoms. The van der Waals surface area contributed by atoms with Crippen molar-refractivity contribution in [3.05, 3.63) is 76.3 Å². The monoisotopic (exact) mass is 388 g/mol. The predicted molar refractivity (Wildman–Crippen MR) is 105 cm³/mol. The van der Waals surface area contributed by atoms with Crippen molar-refractivity contribution in [2.75, 3.05) is 0 Å². The van der Waals surface area contributed by atoms with Gasteiger partial charge in [-0.3, -0.25) is 9.36 Å². The molecule has 3 aromatic rings. The highest BCUT2D eigenvalue weighted by Gasteiger charge is 2.29. The fourth-order valence-corrected chi connectivity index (χ4v) is 3.76. The number of benzene rings is 1. The first kappa shape index (κ1) is 18.8. The van der Waals surface area contributed by atoms with Gasteiger partial charge in [-0.05, 0) is 62.4 Å².